The standard InChI is InChI=1S/C18H32N2/c1-13-10-14(2)12-16(11-13)17(19)8-9-20(7)15(3)18(4,5)6/h10-12,15,17H,8-9,19H2,1-7H3. The van der Waals surface area contributed by atoms with Gasteiger partial charge in [0.2, 0.25) is 0 Å². The van der Waals surface area contributed by atoms with E-state index in [9.17, 15) is 0 Å². The zero-order valence-corrected chi connectivity index (χ0v) is 14.3. The SMILES string of the molecule is Cc1cc(C)cc(C(N)CCN(C)C(C)C(C)(C)C)c1. The first-order valence-electron chi connectivity index (χ1n) is 7.65. The molecule has 2 atom stereocenters. The van der Waals surface area contributed by atoms with Crippen molar-refractivity contribution in [1.29, 1.82) is 0 Å². The van der Waals surface area contributed by atoms with Crippen LogP contribution >= 0.6 is 0 Å². The van der Waals surface area contributed by atoms with Gasteiger partial charge in [0.05, 0.1) is 0 Å². The molecule has 0 bridgehead atoms. The van der Waals surface area contributed by atoms with E-state index in [1.807, 2.05) is 0 Å². The van der Waals surface area contributed by atoms with Crippen molar-refractivity contribution in [2.75, 3.05) is 13.6 Å². The molecule has 0 aromatic heterocycles. The lowest BCUT2D eigenvalue weighted by Gasteiger charge is -2.35. The van der Waals surface area contributed by atoms with Gasteiger partial charge in [0, 0.05) is 12.1 Å². The zero-order chi connectivity index (χ0) is 15.5. The lowest BCUT2D eigenvalue weighted by Crippen LogP contribution is -2.40. The molecule has 0 saturated carbocycles. The molecule has 2 N–H and O–H groups in total. The first-order chi connectivity index (χ1) is 9.11. The van der Waals surface area contributed by atoms with E-state index in [0.29, 0.717) is 11.5 Å². The molecule has 1 aromatic rings. The Morgan fingerprint density at radius 1 is 1.10 bits per heavy atom. The van der Waals surface area contributed by atoms with E-state index in [1.165, 1.54) is 16.7 Å². The molecule has 0 radical (unpaired) electrons. The fourth-order valence-corrected chi connectivity index (χ4v) is 2.59. The summed E-state index contributed by atoms with van der Waals surface area (Å²) in [5.74, 6) is 0. The predicted molar refractivity (Wildman–Crippen MR) is 89.0 cm³/mol. The van der Waals surface area contributed by atoms with E-state index in [0.717, 1.165) is 13.0 Å². The highest BCUT2D eigenvalue weighted by molar-refractivity contribution is 5.30. The highest BCUT2D eigenvalue weighted by Crippen LogP contribution is 2.24. The van der Waals surface area contributed by atoms with Gasteiger partial charge in [0.1, 0.15) is 0 Å². The molecule has 0 saturated heterocycles. The van der Waals surface area contributed by atoms with Crippen LogP contribution < -0.4 is 5.73 Å². The molecular weight excluding hydrogens is 244 g/mol. The minimum atomic E-state index is 0.128. The molecule has 114 valence electrons. The van der Waals surface area contributed by atoms with Gasteiger partial charge in [-0.15, -0.1) is 0 Å². The topological polar surface area (TPSA) is 29.3 Å². The van der Waals surface area contributed by atoms with Gasteiger partial charge in [0.25, 0.3) is 0 Å². The third-order valence-electron chi connectivity index (χ3n) is 4.38. The monoisotopic (exact) mass is 276 g/mol. The summed E-state index contributed by atoms with van der Waals surface area (Å²) in [6.07, 6.45) is 1.000. The van der Waals surface area contributed by atoms with E-state index < -0.39 is 0 Å². The van der Waals surface area contributed by atoms with Crippen LogP contribution in [0.1, 0.15) is 56.8 Å². The predicted octanol–water partition coefficient (Wildman–Crippen LogP) is 4.06. The molecule has 2 heteroatoms. The third kappa shape index (κ3) is 4.92. The van der Waals surface area contributed by atoms with Crippen LogP contribution in [-0.4, -0.2) is 24.5 Å². The number of hydrogen-bond acceptors (Lipinski definition) is 2. The Balaban J connectivity index is 2.61. The van der Waals surface area contributed by atoms with Gasteiger partial charge in [-0.1, -0.05) is 50.1 Å². The lowest BCUT2D eigenvalue weighted by atomic mass is 9.87. The Bertz CT molecular complexity index is 411. The van der Waals surface area contributed by atoms with E-state index in [2.05, 4.69) is 71.7 Å². The minimum Gasteiger partial charge on any atom is -0.324 e. The average molecular weight is 276 g/mol. The second-order valence-electron chi connectivity index (χ2n) is 7.34. The van der Waals surface area contributed by atoms with Crippen LogP contribution in [0.2, 0.25) is 0 Å². The van der Waals surface area contributed by atoms with Crippen molar-refractivity contribution < 1.29 is 0 Å². The van der Waals surface area contributed by atoms with Crippen LogP contribution in [0.4, 0.5) is 0 Å². The van der Waals surface area contributed by atoms with Crippen molar-refractivity contribution in [2.24, 2.45) is 11.1 Å². The second kappa shape index (κ2) is 6.73. The fraction of sp³-hybridized carbons (Fsp3) is 0.667. The van der Waals surface area contributed by atoms with Crippen molar-refractivity contribution in [3.8, 4) is 0 Å². The molecule has 0 aliphatic heterocycles. The van der Waals surface area contributed by atoms with Gasteiger partial charge in [-0.3, -0.25) is 0 Å². The van der Waals surface area contributed by atoms with Gasteiger partial charge in [-0.25, -0.2) is 0 Å². The van der Waals surface area contributed by atoms with E-state index in [4.69, 9.17) is 5.73 Å². The molecule has 20 heavy (non-hydrogen) atoms. The van der Waals surface area contributed by atoms with E-state index in [-0.39, 0.29) is 6.04 Å². The molecule has 0 heterocycles. The number of aryl methyl sites for hydroxylation is 2. The maximum Gasteiger partial charge on any atom is 0.0307 e. The van der Waals surface area contributed by atoms with E-state index in [1.54, 1.807) is 0 Å². The van der Waals surface area contributed by atoms with Crippen LogP contribution in [0.3, 0.4) is 0 Å². The highest BCUT2D eigenvalue weighted by Gasteiger charge is 2.23. The molecule has 1 rings (SSSR count). The summed E-state index contributed by atoms with van der Waals surface area (Å²) < 4.78 is 0. The number of nitrogens with zero attached hydrogens (tertiary/aromatic N) is 1. The summed E-state index contributed by atoms with van der Waals surface area (Å²) in [4.78, 5) is 2.42. The molecule has 0 amide bonds. The smallest absolute Gasteiger partial charge is 0.0307 e. The number of benzene rings is 1. The molecule has 2 nitrogen and oxygen atoms in total. The molecule has 0 aliphatic rings. The van der Waals surface area contributed by atoms with Crippen molar-refractivity contribution in [3.63, 3.8) is 0 Å². The number of rotatable bonds is 5. The maximum absolute atomic E-state index is 6.36. The molecular formula is C18H32N2. The highest BCUT2D eigenvalue weighted by atomic mass is 15.1. The van der Waals surface area contributed by atoms with E-state index >= 15 is 0 Å². The summed E-state index contributed by atoms with van der Waals surface area (Å²) in [6.45, 7) is 14.5. The zero-order valence-electron chi connectivity index (χ0n) is 14.3. The Kier molecular flexibility index (Phi) is 5.79. The van der Waals surface area contributed by atoms with Crippen molar-refractivity contribution in [1.82, 2.24) is 4.90 Å². The van der Waals surface area contributed by atoms with Crippen LogP contribution in [-0.2, 0) is 0 Å². The molecule has 2 unspecified atom stereocenters. The van der Waals surface area contributed by atoms with Gasteiger partial charge in [-0.2, -0.15) is 0 Å². The third-order valence-corrected chi connectivity index (χ3v) is 4.38. The largest absolute Gasteiger partial charge is 0.324 e. The Morgan fingerprint density at radius 3 is 2.05 bits per heavy atom. The average Bonchev–Trinajstić information content (AvgIpc) is 2.32. The van der Waals surface area contributed by atoms with Gasteiger partial charge in [-0.05, 0) is 51.8 Å². The summed E-state index contributed by atoms with van der Waals surface area (Å²) in [5.41, 5.74) is 10.5. The van der Waals surface area contributed by atoms with Crippen LogP contribution in [0.5, 0.6) is 0 Å². The maximum atomic E-state index is 6.36. The minimum absolute atomic E-state index is 0.128. The van der Waals surface area contributed by atoms with Crippen molar-refractivity contribution >= 4 is 0 Å². The first-order valence-corrected chi connectivity index (χ1v) is 7.65. The summed E-state index contributed by atoms with van der Waals surface area (Å²) in [5, 5.41) is 0. The molecule has 0 aliphatic carbocycles. The Hall–Kier alpha value is -0.860. The molecule has 0 fully saturated rings. The summed E-state index contributed by atoms with van der Waals surface area (Å²) >= 11 is 0. The second-order valence-corrected chi connectivity index (χ2v) is 7.34. The quantitative estimate of drug-likeness (QED) is 0.878. The molecule has 0 spiro atoms. The van der Waals surface area contributed by atoms with Crippen LogP contribution in [0, 0.1) is 19.3 Å². The summed E-state index contributed by atoms with van der Waals surface area (Å²) in [7, 11) is 2.20. The first kappa shape index (κ1) is 17.2. The van der Waals surface area contributed by atoms with Gasteiger partial charge in [0.15, 0.2) is 0 Å². The Labute approximate surface area is 125 Å². The summed E-state index contributed by atoms with van der Waals surface area (Å²) in [6, 6.07) is 7.30. The normalized spacial score (nSPS) is 15.4. The van der Waals surface area contributed by atoms with Crippen LogP contribution in [0.15, 0.2) is 18.2 Å². The lowest BCUT2D eigenvalue weighted by molar-refractivity contribution is 0.137. The van der Waals surface area contributed by atoms with Gasteiger partial charge >= 0.3 is 0 Å². The number of hydrogen-bond donors (Lipinski definition) is 1. The van der Waals surface area contributed by atoms with Crippen molar-refractivity contribution in [3.05, 3.63) is 34.9 Å². The fourth-order valence-electron chi connectivity index (χ4n) is 2.59. The van der Waals surface area contributed by atoms with Gasteiger partial charge < -0.3 is 10.6 Å². The number of nitrogens with two attached hydrogens (primary N) is 1. The molecule has 1 aromatic carbocycles. The Morgan fingerprint density at radius 2 is 1.60 bits per heavy atom. The van der Waals surface area contributed by atoms with Crippen LogP contribution in [0.25, 0.3) is 0 Å². The van der Waals surface area contributed by atoms with Crippen molar-refractivity contribution in [2.45, 2.75) is 60.0 Å².